The van der Waals surface area contributed by atoms with Crippen molar-refractivity contribution in [3.05, 3.63) is 77.9 Å². The molecule has 144 valence electrons. The van der Waals surface area contributed by atoms with Crippen molar-refractivity contribution in [1.29, 1.82) is 0 Å². The van der Waals surface area contributed by atoms with Gasteiger partial charge >= 0.3 is 0 Å². The van der Waals surface area contributed by atoms with E-state index in [9.17, 15) is 5.11 Å². The minimum atomic E-state index is -0.466. The summed E-state index contributed by atoms with van der Waals surface area (Å²) in [6, 6.07) is 15.5. The zero-order valence-corrected chi connectivity index (χ0v) is 15.8. The van der Waals surface area contributed by atoms with Crippen LogP contribution in [0.3, 0.4) is 0 Å². The molecule has 3 atom stereocenters. The second-order valence-electron chi connectivity index (χ2n) is 7.03. The molecule has 0 aliphatic carbocycles. The van der Waals surface area contributed by atoms with Crippen molar-refractivity contribution in [3.8, 4) is 0 Å². The van der Waals surface area contributed by atoms with Crippen LogP contribution in [0.4, 0.5) is 5.69 Å². The monoisotopic (exact) mass is 368 g/mol. The van der Waals surface area contributed by atoms with Gasteiger partial charge in [0.25, 0.3) is 0 Å². The van der Waals surface area contributed by atoms with Crippen LogP contribution in [0.15, 0.2) is 61.2 Å². The van der Waals surface area contributed by atoms with E-state index in [1.807, 2.05) is 54.6 Å². The number of anilines is 1. The average Bonchev–Trinajstić information content (AvgIpc) is 2.68. The smallest absolute Gasteiger partial charge is 0.185 e. The van der Waals surface area contributed by atoms with Crippen LogP contribution in [0.25, 0.3) is 0 Å². The third-order valence-electron chi connectivity index (χ3n) is 4.75. The van der Waals surface area contributed by atoms with E-state index in [0.717, 1.165) is 36.2 Å². The fraction of sp³-hybridized carbons (Fsp3) is 0.364. The number of rotatable bonds is 7. The summed E-state index contributed by atoms with van der Waals surface area (Å²) in [7, 11) is 2.06. The number of nitrogens with zero attached hydrogens (tertiary/aromatic N) is 1. The van der Waals surface area contributed by atoms with Crippen LogP contribution >= 0.6 is 0 Å². The molecule has 0 radical (unpaired) electrons. The molecule has 27 heavy (non-hydrogen) atoms. The van der Waals surface area contributed by atoms with Gasteiger partial charge in [-0.05, 0) is 30.3 Å². The molecule has 2 aromatic rings. The minimum Gasteiger partial charge on any atom is -0.399 e. The highest BCUT2D eigenvalue weighted by Gasteiger charge is 2.32. The maximum Gasteiger partial charge on any atom is 0.185 e. The van der Waals surface area contributed by atoms with Gasteiger partial charge in [0, 0.05) is 30.8 Å². The molecule has 1 aliphatic rings. The second-order valence-corrected chi connectivity index (χ2v) is 7.03. The number of nitrogens with two attached hydrogens (primary N) is 1. The summed E-state index contributed by atoms with van der Waals surface area (Å²) >= 11 is 0. The predicted molar refractivity (Wildman–Crippen MR) is 107 cm³/mol. The summed E-state index contributed by atoms with van der Waals surface area (Å²) in [4.78, 5) is 2.19. The molecule has 3 rings (SSSR count). The van der Waals surface area contributed by atoms with Crippen LogP contribution in [0.5, 0.6) is 0 Å². The molecule has 0 amide bonds. The first kappa shape index (κ1) is 19.6. The molecule has 5 heteroatoms. The van der Waals surface area contributed by atoms with Gasteiger partial charge in [-0.2, -0.15) is 0 Å². The highest BCUT2D eigenvalue weighted by Crippen LogP contribution is 2.38. The van der Waals surface area contributed by atoms with Gasteiger partial charge in [-0.25, -0.2) is 0 Å². The first-order chi connectivity index (χ1) is 13.1. The molecule has 0 spiro atoms. The molecule has 2 aromatic carbocycles. The number of ether oxygens (including phenoxy) is 2. The van der Waals surface area contributed by atoms with Gasteiger partial charge < -0.3 is 25.2 Å². The fourth-order valence-electron chi connectivity index (χ4n) is 3.38. The van der Waals surface area contributed by atoms with E-state index in [4.69, 9.17) is 15.2 Å². The van der Waals surface area contributed by atoms with Crippen molar-refractivity contribution in [1.82, 2.24) is 4.90 Å². The number of aliphatic hydroxyl groups is 1. The van der Waals surface area contributed by atoms with Crippen LogP contribution in [-0.2, 0) is 16.1 Å². The van der Waals surface area contributed by atoms with Gasteiger partial charge in [0.15, 0.2) is 6.29 Å². The first-order valence-electron chi connectivity index (χ1n) is 9.24. The van der Waals surface area contributed by atoms with E-state index in [1.54, 1.807) is 0 Å². The quantitative estimate of drug-likeness (QED) is 0.579. The second kappa shape index (κ2) is 9.15. The Bertz CT molecular complexity index is 747. The molecule has 5 nitrogen and oxygen atoms in total. The highest BCUT2D eigenvalue weighted by atomic mass is 16.7. The summed E-state index contributed by atoms with van der Waals surface area (Å²) in [6.45, 7) is 5.44. The number of nitrogen functional groups attached to an aromatic ring is 1. The van der Waals surface area contributed by atoms with Crippen molar-refractivity contribution in [2.75, 3.05) is 25.9 Å². The van der Waals surface area contributed by atoms with E-state index >= 15 is 0 Å². The van der Waals surface area contributed by atoms with Crippen molar-refractivity contribution in [3.63, 3.8) is 0 Å². The van der Waals surface area contributed by atoms with Gasteiger partial charge in [-0.15, -0.1) is 6.58 Å². The minimum absolute atomic E-state index is 0.0256. The predicted octanol–water partition coefficient (Wildman–Crippen LogP) is 3.42. The van der Waals surface area contributed by atoms with Crippen molar-refractivity contribution in [2.45, 2.75) is 31.5 Å². The molecule has 0 aromatic heterocycles. The van der Waals surface area contributed by atoms with Crippen LogP contribution < -0.4 is 5.73 Å². The van der Waals surface area contributed by atoms with Gasteiger partial charge in [0.1, 0.15) is 0 Å². The Morgan fingerprint density at radius 3 is 2.63 bits per heavy atom. The lowest BCUT2D eigenvalue weighted by Crippen LogP contribution is -2.37. The lowest BCUT2D eigenvalue weighted by atomic mass is 9.99. The van der Waals surface area contributed by atoms with Crippen LogP contribution in [0.1, 0.15) is 35.5 Å². The Balaban J connectivity index is 1.82. The SMILES string of the molecule is C=CCN(C)C[C@H]1C[C@@H](c2ccc(CO)cc2)O[C@@H](c2cccc(N)c2)O1. The topological polar surface area (TPSA) is 68.0 Å². The van der Waals surface area contributed by atoms with Gasteiger partial charge in [0.2, 0.25) is 0 Å². The molecular weight excluding hydrogens is 340 g/mol. The number of likely N-dealkylation sites (N-methyl/N-ethyl adjacent to an activating group) is 1. The number of aliphatic hydroxyl groups excluding tert-OH is 1. The third kappa shape index (κ3) is 5.17. The Labute approximate surface area is 161 Å². The average molecular weight is 368 g/mol. The Morgan fingerprint density at radius 1 is 1.19 bits per heavy atom. The summed E-state index contributed by atoms with van der Waals surface area (Å²) in [6.07, 6.45) is 2.13. The zero-order valence-electron chi connectivity index (χ0n) is 15.8. The van der Waals surface area contributed by atoms with Gasteiger partial charge in [-0.1, -0.05) is 42.5 Å². The van der Waals surface area contributed by atoms with Crippen molar-refractivity contribution < 1.29 is 14.6 Å². The summed E-state index contributed by atoms with van der Waals surface area (Å²) in [5.41, 5.74) is 9.53. The Hall–Kier alpha value is -2.18. The standard InChI is InChI=1S/C22H28N2O3/c1-3-11-24(2)14-20-13-21(17-9-7-16(15-25)8-10-17)27-22(26-20)18-5-4-6-19(23)12-18/h3-10,12,20-22,25H,1,11,13-15,23H2,2H3/t20-,21+,22+/m1/s1. The molecule has 1 fully saturated rings. The number of benzene rings is 2. The summed E-state index contributed by atoms with van der Waals surface area (Å²) in [5, 5.41) is 9.27. The van der Waals surface area contributed by atoms with E-state index in [2.05, 4.69) is 18.5 Å². The maximum absolute atomic E-state index is 9.27. The Morgan fingerprint density at radius 2 is 1.96 bits per heavy atom. The van der Waals surface area contributed by atoms with Crippen molar-refractivity contribution >= 4 is 5.69 Å². The summed E-state index contributed by atoms with van der Waals surface area (Å²) in [5.74, 6) is 0. The van der Waals surface area contributed by atoms with Crippen LogP contribution in [0.2, 0.25) is 0 Å². The fourth-order valence-corrected chi connectivity index (χ4v) is 3.38. The number of hydrogen-bond acceptors (Lipinski definition) is 5. The summed E-state index contributed by atoms with van der Waals surface area (Å²) < 4.78 is 12.5. The molecule has 1 aliphatic heterocycles. The van der Waals surface area contributed by atoms with E-state index < -0.39 is 6.29 Å². The molecule has 1 saturated heterocycles. The zero-order chi connectivity index (χ0) is 19.2. The molecule has 3 N–H and O–H groups in total. The first-order valence-corrected chi connectivity index (χ1v) is 9.24. The molecule has 1 heterocycles. The molecular formula is C22H28N2O3. The molecule has 0 saturated carbocycles. The lowest BCUT2D eigenvalue weighted by molar-refractivity contribution is -0.252. The largest absolute Gasteiger partial charge is 0.399 e. The van der Waals surface area contributed by atoms with Crippen LogP contribution in [0, 0.1) is 0 Å². The van der Waals surface area contributed by atoms with E-state index in [-0.39, 0.29) is 18.8 Å². The van der Waals surface area contributed by atoms with Crippen LogP contribution in [-0.4, -0.2) is 36.2 Å². The Kier molecular flexibility index (Phi) is 6.63. The lowest BCUT2D eigenvalue weighted by Gasteiger charge is -2.37. The van der Waals surface area contributed by atoms with Gasteiger partial charge in [-0.3, -0.25) is 0 Å². The third-order valence-corrected chi connectivity index (χ3v) is 4.75. The van der Waals surface area contributed by atoms with E-state index in [0.29, 0.717) is 5.69 Å². The van der Waals surface area contributed by atoms with Gasteiger partial charge in [0.05, 0.1) is 18.8 Å². The molecule has 0 unspecified atom stereocenters. The molecule has 0 bridgehead atoms. The normalized spacial score (nSPS) is 22.7. The number of hydrogen-bond donors (Lipinski definition) is 2. The maximum atomic E-state index is 9.27. The highest BCUT2D eigenvalue weighted by molar-refractivity contribution is 5.41. The van der Waals surface area contributed by atoms with Crippen molar-refractivity contribution in [2.24, 2.45) is 0 Å². The van der Waals surface area contributed by atoms with E-state index in [1.165, 1.54) is 0 Å².